The maximum absolute atomic E-state index is 9.67. The number of fused-ring (bicyclic) bond motifs is 1. The topological polar surface area (TPSA) is 55.1 Å². The van der Waals surface area contributed by atoms with E-state index >= 15 is 0 Å². The van der Waals surface area contributed by atoms with Crippen molar-refractivity contribution in [3.05, 3.63) is 87.3 Å². The molecular weight excluding hydrogens is 460 g/mol. The number of halogens is 1. The molecule has 1 heterocycles. The summed E-state index contributed by atoms with van der Waals surface area (Å²) in [4.78, 5) is 4.58. The molecule has 0 radical (unpaired) electrons. The van der Waals surface area contributed by atoms with Gasteiger partial charge < -0.3 is 9.47 Å². The summed E-state index contributed by atoms with van der Waals surface area (Å²) >= 11 is 4.94. The first-order valence-electron chi connectivity index (χ1n) is 9.19. The SMILES string of the molecule is COc1cc(/C=C(\C#N)c2nc3ccccc3s2)ccc1OCc1ccc(Br)cc1. The van der Waals surface area contributed by atoms with Crippen molar-refractivity contribution in [1.29, 1.82) is 5.26 Å². The number of benzene rings is 3. The maximum atomic E-state index is 9.67. The van der Waals surface area contributed by atoms with Crippen LogP contribution in [0.1, 0.15) is 16.1 Å². The van der Waals surface area contributed by atoms with Gasteiger partial charge in [-0.05, 0) is 53.6 Å². The van der Waals surface area contributed by atoms with E-state index in [0.717, 1.165) is 25.8 Å². The first-order chi connectivity index (χ1) is 14.7. The summed E-state index contributed by atoms with van der Waals surface area (Å²) in [5, 5.41) is 10.4. The molecule has 0 aliphatic rings. The van der Waals surface area contributed by atoms with E-state index in [1.165, 1.54) is 11.3 Å². The molecule has 3 aromatic carbocycles. The lowest BCUT2D eigenvalue weighted by atomic mass is 10.1. The van der Waals surface area contributed by atoms with Crippen LogP contribution in [0.2, 0.25) is 0 Å². The lowest BCUT2D eigenvalue weighted by Crippen LogP contribution is -1.98. The van der Waals surface area contributed by atoms with E-state index in [4.69, 9.17) is 9.47 Å². The Bertz CT molecular complexity index is 1220. The quantitative estimate of drug-likeness (QED) is 0.290. The molecule has 0 fully saturated rings. The summed E-state index contributed by atoms with van der Waals surface area (Å²) in [7, 11) is 1.61. The minimum Gasteiger partial charge on any atom is -0.493 e. The second-order valence-electron chi connectivity index (χ2n) is 6.48. The van der Waals surface area contributed by atoms with Crippen LogP contribution >= 0.6 is 27.3 Å². The number of para-hydroxylation sites is 1. The van der Waals surface area contributed by atoms with Crippen molar-refractivity contribution in [2.45, 2.75) is 6.61 Å². The number of methoxy groups -OCH3 is 1. The summed E-state index contributed by atoms with van der Waals surface area (Å²) in [6.07, 6.45) is 1.82. The number of nitriles is 1. The van der Waals surface area contributed by atoms with Gasteiger partial charge >= 0.3 is 0 Å². The van der Waals surface area contributed by atoms with Crippen molar-refractivity contribution in [2.75, 3.05) is 7.11 Å². The molecule has 4 nitrogen and oxygen atoms in total. The molecule has 4 rings (SSSR count). The van der Waals surface area contributed by atoms with Gasteiger partial charge in [0.25, 0.3) is 0 Å². The van der Waals surface area contributed by atoms with Crippen LogP contribution in [0.3, 0.4) is 0 Å². The van der Waals surface area contributed by atoms with E-state index in [2.05, 4.69) is 27.0 Å². The largest absolute Gasteiger partial charge is 0.493 e. The Morgan fingerprint density at radius 2 is 1.90 bits per heavy atom. The molecule has 0 aliphatic carbocycles. The number of thiazole rings is 1. The number of ether oxygens (including phenoxy) is 2. The molecule has 1 aromatic heterocycles. The van der Waals surface area contributed by atoms with Gasteiger partial charge in [0.2, 0.25) is 0 Å². The predicted octanol–water partition coefficient (Wildman–Crippen LogP) is 6.71. The van der Waals surface area contributed by atoms with Gasteiger partial charge in [0.1, 0.15) is 17.7 Å². The zero-order chi connectivity index (χ0) is 20.9. The van der Waals surface area contributed by atoms with Gasteiger partial charge in [0, 0.05) is 4.47 Å². The van der Waals surface area contributed by atoms with Crippen molar-refractivity contribution in [3.8, 4) is 17.6 Å². The van der Waals surface area contributed by atoms with Gasteiger partial charge in [-0.3, -0.25) is 0 Å². The lowest BCUT2D eigenvalue weighted by Gasteiger charge is -2.11. The van der Waals surface area contributed by atoms with Crippen molar-refractivity contribution >= 4 is 49.1 Å². The number of hydrogen-bond donors (Lipinski definition) is 0. The highest BCUT2D eigenvalue weighted by molar-refractivity contribution is 9.10. The van der Waals surface area contributed by atoms with Crippen LogP contribution in [0.15, 0.2) is 71.2 Å². The molecule has 0 spiro atoms. The molecule has 30 heavy (non-hydrogen) atoms. The molecule has 0 unspecified atom stereocenters. The maximum Gasteiger partial charge on any atom is 0.161 e. The Morgan fingerprint density at radius 1 is 1.10 bits per heavy atom. The Balaban J connectivity index is 1.57. The minimum atomic E-state index is 0.438. The monoisotopic (exact) mass is 476 g/mol. The Morgan fingerprint density at radius 3 is 2.63 bits per heavy atom. The van der Waals surface area contributed by atoms with Crippen molar-refractivity contribution in [3.63, 3.8) is 0 Å². The van der Waals surface area contributed by atoms with Gasteiger partial charge in [0.05, 0.1) is 22.9 Å². The first kappa shape index (κ1) is 20.1. The van der Waals surface area contributed by atoms with E-state index in [-0.39, 0.29) is 0 Å². The van der Waals surface area contributed by atoms with Crippen molar-refractivity contribution < 1.29 is 9.47 Å². The fraction of sp³-hybridized carbons (Fsp3) is 0.0833. The Labute approximate surface area is 187 Å². The molecule has 4 aromatic rings. The van der Waals surface area contributed by atoms with E-state index < -0.39 is 0 Å². The van der Waals surface area contributed by atoms with Crippen LogP contribution in [0, 0.1) is 11.3 Å². The second kappa shape index (κ2) is 9.12. The number of aromatic nitrogens is 1. The summed E-state index contributed by atoms with van der Waals surface area (Å²) < 4.78 is 13.5. The van der Waals surface area contributed by atoms with Crippen LogP contribution in [0.4, 0.5) is 0 Å². The molecule has 0 amide bonds. The van der Waals surface area contributed by atoms with Gasteiger partial charge in [-0.1, -0.05) is 46.3 Å². The molecule has 0 N–H and O–H groups in total. The van der Waals surface area contributed by atoms with Gasteiger partial charge in [0.15, 0.2) is 11.5 Å². The highest BCUT2D eigenvalue weighted by Crippen LogP contribution is 2.32. The second-order valence-corrected chi connectivity index (χ2v) is 8.43. The van der Waals surface area contributed by atoms with Crippen molar-refractivity contribution in [2.24, 2.45) is 0 Å². The zero-order valence-corrected chi connectivity index (χ0v) is 18.5. The van der Waals surface area contributed by atoms with Gasteiger partial charge in [-0.25, -0.2) is 4.98 Å². The molecular formula is C24H17BrN2O2S. The van der Waals surface area contributed by atoms with E-state index in [1.54, 1.807) is 7.11 Å². The Hall–Kier alpha value is -3.14. The number of rotatable bonds is 6. The van der Waals surface area contributed by atoms with Crippen LogP contribution < -0.4 is 9.47 Å². The van der Waals surface area contributed by atoms with Crippen LogP contribution in [0.5, 0.6) is 11.5 Å². The zero-order valence-electron chi connectivity index (χ0n) is 16.1. The fourth-order valence-corrected chi connectivity index (χ4v) is 4.13. The average Bonchev–Trinajstić information content (AvgIpc) is 3.21. The molecule has 6 heteroatoms. The average molecular weight is 477 g/mol. The number of nitrogens with zero attached hydrogens (tertiary/aromatic N) is 2. The first-order valence-corrected chi connectivity index (χ1v) is 10.8. The summed E-state index contributed by atoms with van der Waals surface area (Å²) in [6.45, 7) is 0.438. The lowest BCUT2D eigenvalue weighted by molar-refractivity contribution is 0.284. The van der Waals surface area contributed by atoms with Crippen LogP contribution in [-0.4, -0.2) is 12.1 Å². The third kappa shape index (κ3) is 4.54. The summed E-state index contributed by atoms with van der Waals surface area (Å²) in [6, 6.07) is 23.7. The third-order valence-electron chi connectivity index (χ3n) is 4.45. The number of allylic oxidation sites excluding steroid dienone is 1. The minimum absolute atomic E-state index is 0.438. The van der Waals surface area contributed by atoms with Gasteiger partial charge in [-0.2, -0.15) is 5.26 Å². The normalized spacial score (nSPS) is 11.3. The number of hydrogen-bond acceptors (Lipinski definition) is 5. The van der Waals surface area contributed by atoms with Gasteiger partial charge in [-0.15, -0.1) is 11.3 Å². The molecule has 0 saturated heterocycles. The van der Waals surface area contributed by atoms with E-state index in [1.807, 2.05) is 72.8 Å². The van der Waals surface area contributed by atoms with Crippen LogP contribution in [0.25, 0.3) is 21.9 Å². The third-order valence-corrected chi connectivity index (χ3v) is 6.05. The standard InChI is InChI=1S/C24H17BrN2O2S/c1-28-22-13-17(8-11-21(22)29-15-16-6-9-19(25)10-7-16)12-18(14-26)24-27-20-4-2-3-5-23(20)30-24/h2-13H,15H2,1H3/b18-12+. The molecule has 0 bridgehead atoms. The van der Waals surface area contributed by atoms with Crippen LogP contribution in [-0.2, 0) is 6.61 Å². The molecule has 0 aliphatic heterocycles. The molecule has 0 atom stereocenters. The van der Waals surface area contributed by atoms with E-state index in [0.29, 0.717) is 28.7 Å². The van der Waals surface area contributed by atoms with E-state index in [9.17, 15) is 5.26 Å². The Kier molecular flexibility index (Phi) is 6.12. The smallest absolute Gasteiger partial charge is 0.161 e. The summed E-state index contributed by atoms with van der Waals surface area (Å²) in [5.41, 5.74) is 3.32. The fourth-order valence-electron chi connectivity index (χ4n) is 2.93. The predicted molar refractivity (Wildman–Crippen MR) is 125 cm³/mol. The summed E-state index contributed by atoms with van der Waals surface area (Å²) in [5.74, 6) is 1.26. The highest BCUT2D eigenvalue weighted by atomic mass is 79.9. The molecule has 0 saturated carbocycles. The van der Waals surface area contributed by atoms with Crippen molar-refractivity contribution in [1.82, 2.24) is 4.98 Å². The highest BCUT2D eigenvalue weighted by Gasteiger charge is 2.10. The molecule has 148 valence electrons.